The van der Waals surface area contributed by atoms with Gasteiger partial charge in [-0.2, -0.15) is 0 Å². The number of carbonyl (C=O) groups excluding carboxylic acids is 1. The minimum Gasteiger partial charge on any atom is -0.506 e. The van der Waals surface area contributed by atoms with Gasteiger partial charge < -0.3 is 10.4 Å². The Kier molecular flexibility index (Phi) is 4.25. The average Bonchev–Trinajstić information content (AvgIpc) is 2.40. The molecule has 2 rings (SSSR count). The first kappa shape index (κ1) is 14.3. The summed E-state index contributed by atoms with van der Waals surface area (Å²) in [6.45, 7) is 3.95. The summed E-state index contributed by atoms with van der Waals surface area (Å²) in [4.78, 5) is 16.4. The van der Waals surface area contributed by atoms with Gasteiger partial charge in [-0.05, 0) is 30.2 Å². The number of benzene rings is 1. The Morgan fingerprint density at radius 3 is 2.65 bits per heavy atom. The maximum absolute atomic E-state index is 12.2. The Balaban J connectivity index is 2.28. The van der Waals surface area contributed by atoms with E-state index < -0.39 is 0 Å². The van der Waals surface area contributed by atoms with Gasteiger partial charge in [0.05, 0.1) is 5.69 Å². The first-order valence-corrected chi connectivity index (χ1v) is 6.62. The molecule has 0 radical (unpaired) electrons. The number of para-hydroxylation sites is 2. The molecule has 1 heterocycles. The number of rotatable bonds is 3. The number of phenolic OH excluding ortho intramolecular Hbond substituents is 1. The topological polar surface area (TPSA) is 62.2 Å². The molecule has 0 aliphatic rings. The molecule has 2 aromatic rings. The van der Waals surface area contributed by atoms with Crippen LogP contribution in [-0.4, -0.2) is 16.0 Å². The fourth-order valence-electron chi connectivity index (χ4n) is 1.72. The maximum Gasteiger partial charge on any atom is 0.255 e. The third-order valence-corrected chi connectivity index (χ3v) is 3.01. The highest BCUT2D eigenvalue weighted by Gasteiger charge is 2.12. The SMILES string of the molecule is CC(C)c1cc(C(=O)Nc2ccccc2O)cc(Cl)n1. The minimum absolute atomic E-state index is 0.0186. The molecule has 0 unspecified atom stereocenters. The molecule has 5 heteroatoms. The molecule has 1 aromatic heterocycles. The van der Waals surface area contributed by atoms with Gasteiger partial charge in [0.1, 0.15) is 10.9 Å². The number of aromatic nitrogens is 1. The van der Waals surface area contributed by atoms with E-state index in [4.69, 9.17) is 11.6 Å². The summed E-state index contributed by atoms with van der Waals surface area (Å²) >= 11 is 5.93. The number of hydrogen-bond acceptors (Lipinski definition) is 3. The summed E-state index contributed by atoms with van der Waals surface area (Å²) in [5.41, 5.74) is 1.52. The number of hydrogen-bond donors (Lipinski definition) is 2. The zero-order valence-corrected chi connectivity index (χ0v) is 12.0. The number of phenols is 1. The largest absolute Gasteiger partial charge is 0.506 e. The van der Waals surface area contributed by atoms with Crippen LogP contribution in [-0.2, 0) is 0 Å². The Bertz CT molecular complexity index is 642. The molecule has 0 spiro atoms. The van der Waals surface area contributed by atoms with Crippen LogP contribution >= 0.6 is 11.6 Å². The predicted molar refractivity (Wildman–Crippen MR) is 79.4 cm³/mol. The van der Waals surface area contributed by atoms with E-state index in [1.807, 2.05) is 13.8 Å². The molecule has 0 saturated heterocycles. The van der Waals surface area contributed by atoms with Crippen LogP contribution in [0.3, 0.4) is 0 Å². The van der Waals surface area contributed by atoms with Gasteiger partial charge in [-0.25, -0.2) is 4.98 Å². The molecular weight excluding hydrogens is 276 g/mol. The lowest BCUT2D eigenvalue weighted by Crippen LogP contribution is -2.13. The maximum atomic E-state index is 12.2. The Morgan fingerprint density at radius 2 is 2.00 bits per heavy atom. The lowest BCUT2D eigenvalue weighted by Gasteiger charge is -2.10. The Morgan fingerprint density at radius 1 is 1.30 bits per heavy atom. The van der Waals surface area contributed by atoms with Crippen LogP contribution in [0.15, 0.2) is 36.4 Å². The molecule has 0 saturated carbocycles. The molecule has 104 valence electrons. The molecule has 2 N–H and O–H groups in total. The van der Waals surface area contributed by atoms with E-state index in [0.29, 0.717) is 11.3 Å². The van der Waals surface area contributed by atoms with E-state index in [9.17, 15) is 9.90 Å². The van der Waals surface area contributed by atoms with Crippen molar-refractivity contribution >= 4 is 23.2 Å². The second-order valence-electron chi connectivity index (χ2n) is 4.73. The van der Waals surface area contributed by atoms with Gasteiger partial charge >= 0.3 is 0 Å². The molecule has 0 fully saturated rings. The summed E-state index contributed by atoms with van der Waals surface area (Å²) in [7, 11) is 0. The number of nitrogens with zero attached hydrogens (tertiary/aromatic N) is 1. The molecule has 1 aromatic carbocycles. The Labute approximate surface area is 122 Å². The quantitative estimate of drug-likeness (QED) is 0.667. The highest BCUT2D eigenvalue weighted by molar-refractivity contribution is 6.29. The predicted octanol–water partition coefficient (Wildman–Crippen LogP) is 3.82. The van der Waals surface area contributed by atoms with Crippen molar-refractivity contribution in [3.8, 4) is 5.75 Å². The highest BCUT2D eigenvalue weighted by atomic mass is 35.5. The zero-order chi connectivity index (χ0) is 14.7. The van der Waals surface area contributed by atoms with Crippen molar-refractivity contribution < 1.29 is 9.90 Å². The van der Waals surface area contributed by atoms with Gasteiger partial charge in [0, 0.05) is 11.3 Å². The average molecular weight is 291 g/mol. The molecule has 0 aliphatic heterocycles. The molecule has 20 heavy (non-hydrogen) atoms. The van der Waals surface area contributed by atoms with E-state index in [1.165, 1.54) is 12.1 Å². The molecule has 0 atom stereocenters. The van der Waals surface area contributed by atoms with Crippen LogP contribution in [0, 0.1) is 0 Å². The number of aromatic hydroxyl groups is 1. The summed E-state index contributed by atoms with van der Waals surface area (Å²) < 4.78 is 0. The molecule has 0 bridgehead atoms. The first-order valence-electron chi connectivity index (χ1n) is 6.24. The summed E-state index contributed by atoms with van der Waals surface area (Å²) in [6.07, 6.45) is 0. The summed E-state index contributed by atoms with van der Waals surface area (Å²) in [5.74, 6) is -0.145. The lowest BCUT2D eigenvalue weighted by molar-refractivity contribution is 0.102. The summed E-state index contributed by atoms with van der Waals surface area (Å²) in [6, 6.07) is 9.75. The fraction of sp³-hybridized carbons (Fsp3) is 0.200. The number of amides is 1. The minimum atomic E-state index is -0.335. The van der Waals surface area contributed by atoms with Crippen LogP contribution < -0.4 is 5.32 Å². The van der Waals surface area contributed by atoms with Crippen LogP contribution in [0.2, 0.25) is 5.15 Å². The number of anilines is 1. The van der Waals surface area contributed by atoms with Crippen LogP contribution in [0.25, 0.3) is 0 Å². The van der Waals surface area contributed by atoms with Gasteiger partial charge in [-0.3, -0.25) is 4.79 Å². The van der Waals surface area contributed by atoms with Gasteiger partial charge in [-0.1, -0.05) is 37.6 Å². The molecule has 4 nitrogen and oxygen atoms in total. The van der Waals surface area contributed by atoms with Crippen molar-refractivity contribution in [2.24, 2.45) is 0 Å². The van der Waals surface area contributed by atoms with Crippen molar-refractivity contribution in [3.05, 3.63) is 52.8 Å². The smallest absolute Gasteiger partial charge is 0.255 e. The van der Waals surface area contributed by atoms with Gasteiger partial charge in [0.15, 0.2) is 0 Å². The van der Waals surface area contributed by atoms with Gasteiger partial charge in [-0.15, -0.1) is 0 Å². The van der Waals surface area contributed by atoms with Crippen LogP contribution in [0.5, 0.6) is 5.75 Å². The standard InChI is InChI=1S/C15H15ClN2O2/c1-9(2)12-7-10(8-14(16)17-12)15(20)18-11-5-3-4-6-13(11)19/h3-9,19H,1-2H3,(H,18,20). The van der Waals surface area contributed by atoms with Crippen molar-refractivity contribution in [2.75, 3.05) is 5.32 Å². The lowest BCUT2D eigenvalue weighted by atomic mass is 10.1. The zero-order valence-electron chi connectivity index (χ0n) is 11.2. The number of carbonyl (C=O) groups is 1. The third-order valence-electron chi connectivity index (χ3n) is 2.82. The van der Waals surface area contributed by atoms with E-state index >= 15 is 0 Å². The van der Waals surface area contributed by atoms with Crippen molar-refractivity contribution in [1.82, 2.24) is 4.98 Å². The van der Waals surface area contributed by atoms with Crippen LogP contribution in [0.4, 0.5) is 5.69 Å². The highest BCUT2D eigenvalue weighted by Crippen LogP contribution is 2.23. The van der Waals surface area contributed by atoms with Crippen molar-refractivity contribution in [3.63, 3.8) is 0 Å². The number of pyridine rings is 1. The van der Waals surface area contributed by atoms with E-state index in [2.05, 4.69) is 10.3 Å². The second-order valence-corrected chi connectivity index (χ2v) is 5.12. The first-order chi connectivity index (χ1) is 9.47. The van der Waals surface area contributed by atoms with Gasteiger partial charge in [0.2, 0.25) is 0 Å². The normalized spacial score (nSPS) is 10.6. The molecule has 1 amide bonds. The van der Waals surface area contributed by atoms with E-state index in [1.54, 1.807) is 24.3 Å². The second kappa shape index (κ2) is 5.92. The Hall–Kier alpha value is -2.07. The van der Waals surface area contributed by atoms with Crippen LogP contribution in [0.1, 0.15) is 35.8 Å². The van der Waals surface area contributed by atoms with Gasteiger partial charge in [0.25, 0.3) is 5.91 Å². The van der Waals surface area contributed by atoms with Crippen molar-refractivity contribution in [2.45, 2.75) is 19.8 Å². The van der Waals surface area contributed by atoms with E-state index in [-0.39, 0.29) is 22.7 Å². The number of halogens is 1. The van der Waals surface area contributed by atoms with E-state index in [0.717, 1.165) is 5.69 Å². The monoisotopic (exact) mass is 290 g/mol. The van der Waals surface area contributed by atoms with Crippen molar-refractivity contribution in [1.29, 1.82) is 0 Å². The number of nitrogens with one attached hydrogen (secondary N) is 1. The fourth-order valence-corrected chi connectivity index (χ4v) is 1.93. The molecule has 0 aliphatic carbocycles. The molecular formula is C15H15ClN2O2. The third kappa shape index (κ3) is 3.27. The summed E-state index contributed by atoms with van der Waals surface area (Å²) in [5, 5.41) is 12.6.